The molecule has 10 heteroatoms. The van der Waals surface area contributed by atoms with E-state index >= 15 is 0 Å². The van der Waals surface area contributed by atoms with Crippen LogP contribution in [0.2, 0.25) is 0 Å². The number of anilines is 1. The van der Waals surface area contributed by atoms with Crippen LogP contribution < -0.4 is 5.32 Å². The minimum absolute atomic E-state index is 0.279. The molecule has 2 aromatic rings. The van der Waals surface area contributed by atoms with E-state index in [1.165, 1.54) is 6.92 Å². The fourth-order valence-corrected chi connectivity index (χ4v) is 2.54. The van der Waals surface area contributed by atoms with E-state index in [0.717, 1.165) is 18.1 Å². The monoisotopic (exact) mass is 424 g/mol. The van der Waals surface area contributed by atoms with Crippen LogP contribution in [-0.2, 0) is 22.1 Å². The molecule has 0 aromatic heterocycles. The number of halogens is 3. The summed E-state index contributed by atoms with van der Waals surface area (Å²) in [6.45, 7) is 2.74. The summed E-state index contributed by atoms with van der Waals surface area (Å²) >= 11 is 0. The quantitative estimate of drug-likeness (QED) is 0.292. The van der Waals surface area contributed by atoms with Crippen LogP contribution in [0.1, 0.15) is 35.3 Å². The molecule has 1 atom stereocenters. The summed E-state index contributed by atoms with van der Waals surface area (Å²) in [4.78, 5) is 34.3. The fourth-order valence-electron chi connectivity index (χ4n) is 2.54. The number of nitro groups is 1. The molecule has 0 aliphatic carbocycles. The van der Waals surface area contributed by atoms with Crippen molar-refractivity contribution in [1.29, 1.82) is 0 Å². The van der Waals surface area contributed by atoms with Crippen molar-refractivity contribution >= 4 is 23.1 Å². The summed E-state index contributed by atoms with van der Waals surface area (Å²) < 4.78 is 43.2. The van der Waals surface area contributed by atoms with Gasteiger partial charge < -0.3 is 10.1 Å². The van der Waals surface area contributed by atoms with E-state index in [4.69, 9.17) is 4.74 Å². The first-order valence-electron chi connectivity index (χ1n) is 8.94. The SMILES string of the molecule is CCc1ccc(C(=O)COC(=O)C(C)Nc2ccc(C(F)(F)F)cc2[N+](=O)[O-])cc1. The van der Waals surface area contributed by atoms with Crippen LogP contribution >= 0.6 is 0 Å². The van der Waals surface area contributed by atoms with Gasteiger partial charge in [-0.15, -0.1) is 0 Å². The van der Waals surface area contributed by atoms with Gasteiger partial charge in [-0.2, -0.15) is 13.2 Å². The van der Waals surface area contributed by atoms with Crippen molar-refractivity contribution in [3.63, 3.8) is 0 Å². The van der Waals surface area contributed by atoms with Crippen molar-refractivity contribution in [2.45, 2.75) is 32.5 Å². The number of ether oxygens (including phenoxy) is 1. The van der Waals surface area contributed by atoms with Gasteiger partial charge in [-0.25, -0.2) is 4.79 Å². The Morgan fingerprint density at radius 2 is 1.80 bits per heavy atom. The molecule has 1 unspecified atom stereocenters. The number of Topliss-reactive ketones (excluding diaryl/α,β-unsaturated/α-hetero) is 1. The van der Waals surface area contributed by atoms with Gasteiger partial charge in [-0.3, -0.25) is 14.9 Å². The van der Waals surface area contributed by atoms with E-state index in [0.29, 0.717) is 17.7 Å². The first-order valence-corrected chi connectivity index (χ1v) is 8.94. The van der Waals surface area contributed by atoms with Crippen molar-refractivity contribution in [1.82, 2.24) is 0 Å². The smallest absolute Gasteiger partial charge is 0.416 e. The number of nitrogens with one attached hydrogen (secondary N) is 1. The number of alkyl halides is 3. The highest BCUT2D eigenvalue weighted by atomic mass is 19.4. The molecule has 0 bridgehead atoms. The number of benzene rings is 2. The maximum absolute atomic E-state index is 12.8. The lowest BCUT2D eigenvalue weighted by Gasteiger charge is -2.15. The van der Waals surface area contributed by atoms with Crippen molar-refractivity contribution in [2.24, 2.45) is 0 Å². The largest absolute Gasteiger partial charge is 0.456 e. The zero-order valence-corrected chi connectivity index (χ0v) is 16.2. The van der Waals surface area contributed by atoms with Gasteiger partial charge in [0.2, 0.25) is 0 Å². The van der Waals surface area contributed by atoms with Crippen molar-refractivity contribution in [2.75, 3.05) is 11.9 Å². The average Bonchev–Trinajstić information content (AvgIpc) is 2.70. The van der Waals surface area contributed by atoms with E-state index in [1.807, 2.05) is 6.92 Å². The summed E-state index contributed by atoms with van der Waals surface area (Å²) in [5.74, 6) is -1.32. The second-order valence-electron chi connectivity index (χ2n) is 6.43. The summed E-state index contributed by atoms with van der Waals surface area (Å²) in [5.41, 5.74) is -0.899. The molecule has 0 aliphatic heterocycles. The number of carbonyl (C=O) groups is 2. The van der Waals surface area contributed by atoms with Gasteiger partial charge in [0.1, 0.15) is 11.7 Å². The highest BCUT2D eigenvalue weighted by Crippen LogP contribution is 2.35. The molecule has 7 nitrogen and oxygen atoms in total. The molecule has 0 amide bonds. The van der Waals surface area contributed by atoms with Crippen LogP contribution in [0, 0.1) is 10.1 Å². The lowest BCUT2D eigenvalue weighted by molar-refractivity contribution is -0.384. The summed E-state index contributed by atoms with van der Waals surface area (Å²) in [6, 6.07) is 7.55. The number of rotatable bonds is 8. The molecule has 2 aromatic carbocycles. The molecule has 30 heavy (non-hydrogen) atoms. The minimum Gasteiger partial charge on any atom is -0.456 e. The van der Waals surface area contributed by atoms with Crippen LogP contribution in [0.3, 0.4) is 0 Å². The van der Waals surface area contributed by atoms with Crippen LogP contribution in [-0.4, -0.2) is 29.3 Å². The lowest BCUT2D eigenvalue weighted by Crippen LogP contribution is -2.30. The molecule has 0 fully saturated rings. The van der Waals surface area contributed by atoms with E-state index in [9.17, 15) is 32.9 Å². The number of carbonyl (C=O) groups excluding carboxylic acids is 2. The highest BCUT2D eigenvalue weighted by molar-refractivity contribution is 5.98. The first kappa shape index (κ1) is 22.9. The van der Waals surface area contributed by atoms with Gasteiger partial charge >= 0.3 is 12.1 Å². The minimum atomic E-state index is -4.75. The molecule has 0 saturated heterocycles. The number of nitro benzene ring substituents is 1. The third kappa shape index (κ3) is 5.79. The molecule has 0 heterocycles. The molecule has 0 saturated carbocycles. The second-order valence-corrected chi connectivity index (χ2v) is 6.43. The zero-order chi connectivity index (χ0) is 22.5. The molecule has 0 radical (unpaired) electrons. The van der Waals surface area contributed by atoms with Gasteiger partial charge in [0, 0.05) is 11.6 Å². The molecule has 2 rings (SSSR count). The number of ketones is 1. The molecule has 160 valence electrons. The van der Waals surface area contributed by atoms with Gasteiger partial charge in [-0.1, -0.05) is 31.2 Å². The third-order valence-corrected chi connectivity index (χ3v) is 4.28. The lowest BCUT2D eigenvalue weighted by atomic mass is 10.1. The van der Waals surface area contributed by atoms with E-state index < -0.39 is 46.8 Å². The van der Waals surface area contributed by atoms with Crippen LogP contribution in [0.5, 0.6) is 0 Å². The number of esters is 1. The summed E-state index contributed by atoms with van der Waals surface area (Å²) in [6.07, 6.45) is -3.94. The van der Waals surface area contributed by atoms with Gasteiger partial charge in [0.25, 0.3) is 5.69 Å². The maximum Gasteiger partial charge on any atom is 0.416 e. The summed E-state index contributed by atoms with van der Waals surface area (Å²) in [7, 11) is 0. The van der Waals surface area contributed by atoms with E-state index in [2.05, 4.69) is 5.32 Å². The predicted molar refractivity (Wildman–Crippen MR) is 102 cm³/mol. The number of aryl methyl sites for hydroxylation is 1. The molecule has 1 N–H and O–H groups in total. The second kappa shape index (κ2) is 9.38. The first-order chi connectivity index (χ1) is 14.0. The Kier molecular flexibility index (Phi) is 7.14. The Morgan fingerprint density at radius 3 is 2.33 bits per heavy atom. The Bertz CT molecular complexity index is 942. The third-order valence-electron chi connectivity index (χ3n) is 4.28. The average molecular weight is 424 g/mol. The maximum atomic E-state index is 12.8. The van der Waals surface area contributed by atoms with Crippen LogP contribution in [0.15, 0.2) is 42.5 Å². The van der Waals surface area contributed by atoms with E-state index in [-0.39, 0.29) is 5.69 Å². The standard InChI is InChI=1S/C20H19F3N2O5/c1-3-13-4-6-14(7-5-13)18(26)11-30-19(27)12(2)24-16-9-8-15(20(21,22)23)10-17(16)25(28)29/h4-10,12,24H,3,11H2,1-2H3. The number of hydrogen-bond acceptors (Lipinski definition) is 6. The normalized spacial score (nSPS) is 12.2. The van der Waals surface area contributed by atoms with Gasteiger partial charge in [-0.05, 0) is 31.0 Å². The fraction of sp³-hybridized carbons (Fsp3) is 0.300. The molecule has 0 aliphatic rings. The Labute approximate surface area is 170 Å². The summed E-state index contributed by atoms with van der Waals surface area (Å²) in [5, 5.41) is 13.6. The number of nitrogens with zero attached hydrogens (tertiary/aromatic N) is 1. The molecular formula is C20H19F3N2O5. The zero-order valence-electron chi connectivity index (χ0n) is 16.2. The molecule has 0 spiro atoms. The Hall–Kier alpha value is -3.43. The van der Waals surface area contributed by atoms with Gasteiger partial charge in [0.05, 0.1) is 10.5 Å². The predicted octanol–water partition coefficient (Wildman–Crippen LogP) is 4.40. The Balaban J connectivity index is 2.02. The van der Waals surface area contributed by atoms with Crippen LogP contribution in [0.4, 0.5) is 24.5 Å². The van der Waals surface area contributed by atoms with Crippen LogP contribution in [0.25, 0.3) is 0 Å². The van der Waals surface area contributed by atoms with Gasteiger partial charge in [0.15, 0.2) is 12.4 Å². The number of hydrogen-bond donors (Lipinski definition) is 1. The van der Waals surface area contributed by atoms with Crippen molar-refractivity contribution in [3.8, 4) is 0 Å². The van der Waals surface area contributed by atoms with Crippen molar-refractivity contribution in [3.05, 3.63) is 69.3 Å². The highest BCUT2D eigenvalue weighted by Gasteiger charge is 2.33. The van der Waals surface area contributed by atoms with E-state index in [1.54, 1.807) is 24.3 Å². The molecular weight excluding hydrogens is 405 g/mol. The Morgan fingerprint density at radius 1 is 1.17 bits per heavy atom. The topological polar surface area (TPSA) is 98.5 Å². The van der Waals surface area contributed by atoms with Crippen molar-refractivity contribution < 1.29 is 32.4 Å².